The van der Waals surface area contributed by atoms with E-state index in [1.807, 2.05) is 6.92 Å². The average Bonchev–Trinajstić information content (AvgIpc) is 3.22. The van der Waals surface area contributed by atoms with E-state index < -0.39 is 11.7 Å². The van der Waals surface area contributed by atoms with Crippen LogP contribution in [0.3, 0.4) is 0 Å². The van der Waals surface area contributed by atoms with Crippen molar-refractivity contribution in [3.05, 3.63) is 47.8 Å². The summed E-state index contributed by atoms with van der Waals surface area (Å²) in [5.74, 6) is 0.480. The topological polar surface area (TPSA) is 92.5 Å². The highest BCUT2D eigenvalue weighted by molar-refractivity contribution is 5.79. The zero-order valence-electron chi connectivity index (χ0n) is 13.3. The second kappa shape index (κ2) is 5.83. The maximum absolute atomic E-state index is 12.6. The largest absolute Gasteiger partial charge is 0.416 e. The van der Waals surface area contributed by atoms with Gasteiger partial charge in [0.2, 0.25) is 11.8 Å². The van der Waals surface area contributed by atoms with Gasteiger partial charge in [-0.25, -0.2) is 4.98 Å². The number of halogens is 3. The van der Waals surface area contributed by atoms with Crippen molar-refractivity contribution in [1.29, 1.82) is 0 Å². The summed E-state index contributed by atoms with van der Waals surface area (Å²) in [6, 6.07) is 6.31. The predicted octanol–water partition coefficient (Wildman–Crippen LogP) is 4.08. The summed E-state index contributed by atoms with van der Waals surface area (Å²) < 4.78 is 43.3. The van der Waals surface area contributed by atoms with E-state index in [4.69, 9.17) is 4.42 Å². The Hall–Kier alpha value is -3.43. The van der Waals surface area contributed by atoms with Crippen LogP contribution >= 0.6 is 0 Å². The lowest BCUT2D eigenvalue weighted by Crippen LogP contribution is -2.03. The summed E-state index contributed by atoms with van der Waals surface area (Å²) in [7, 11) is 0. The van der Waals surface area contributed by atoms with Gasteiger partial charge in [-0.2, -0.15) is 13.2 Å². The summed E-state index contributed by atoms with van der Waals surface area (Å²) >= 11 is 0. The number of nitrogens with zero attached hydrogens (tertiary/aromatic N) is 4. The van der Waals surface area contributed by atoms with E-state index in [9.17, 15) is 13.2 Å². The van der Waals surface area contributed by atoms with Crippen LogP contribution in [0.1, 0.15) is 11.3 Å². The van der Waals surface area contributed by atoms with E-state index in [1.165, 1.54) is 12.1 Å². The molecular weight excluding hydrogens is 349 g/mol. The number of alkyl halides is 3. The summed E-state index contributed by atoms with van der Waals surface area (Å²) in [6.07, 6.45) is -2.73. The number of aromatic amines is 1. The molecule has 26 heavy (non-hydrogen) atoms. The van der Waals surface area contributed by atoms with Crippen molar-refractivity contribution in [3.8, 4) is 11.5 Å². The molecule has 0 radical (unpaired) electrons. The highest BCUT2D eigenvalue weighted by Crippen LogP contribution is 2.31. The number of imidazole rings is 1. The average molecular weight is 360 g/mol. The Labute approximate surface area is 144 Å². The zero-order chi connectivity index (χ0) is 18.3. The smallest absolute Gasteiger partial charge is 0.403 e. The van der Waals surface area contributed by atoms with Crippen LogP contribution in [0.5, 0.6) is 0 Å². The molecule has 0 saturated heterocycles. The van der Waals surface area contributed by atoms with Crippen molar-refractivity contribution in [2.45, 2.75) is 13.1 Å². The van der Waals surface area contributed by atoms with Gasteiger partial charge >= 0.3 is 12.2 Å². The van der Waals surface area contributed by atoms with Crippen LogP contribution in [0.25, 0.3) is 22.5 Å². The number of aryl methyl sites for hydroxylation is 1. The number of rotatable bonds is 3. The summed E-state index contributed by atoms with van der Waals surface area (Å²) in [6.45, 7) is 1.84. The molecule has 4 rings (SSSR count). The first-order valence-electron chi connectivity index (χ1n) is 7.49. The summed E-state index contributed by atoms with van der Waals surface area (Å²) in [5, 5.41) is 10.5. The predicted molar refractivity (Wildman–Crippen MR) is 86.6 cm³/mol. The van der Waals surface area contributed by atoms with Gasteiger partial charge in [-0.15, -0.1) is 5.10 Å². The quantitative estimate of drug-likeness (QED) is 0.572. The van der Waals surface area contributed by atoms with Crippen molar-refractivity contribution < 1.29 is 17.6 Å². The molecule has 0 bridgehead atoms. The third kappa shape index (κ3) is 2.96. The number of H-pyrrole nitrogens is 1. The van der Waals surface area contributed by atoms with Gasteiger partial charge in [-0.05, 0) is 37.3 Å². The molecule has 7 nitrogen and oxygen atoms in total. The fraction of sp³-hybridized carbons (Fsp3) is 0.125. The Balaban J connectivity index is 1.56. The number of pyridine rings is 1. The van der Waals surface area contributed by atoms with E-state index in [1.54, 1.807) is 12.3 Å². The minimum absolute atomic E-state index is 0.0598. The molecule has 0 fully saturated rings. The normalized spacial score (nSPS) is 11.8. The molecule has 3 heterocycles. The molecule has 0 saturated carbocycles. The molecule has 0 spiro atoms. The van der Waals surface area contributed by atoms with Crippen molar-refractivity contribution in [2.75, 3.05) is 5.32 Å². The second-order valence-corrected chi connectivity index (χ2v) is 5.49. The van der Waals surface area contributed by atoms with Crippen LogP contribution in [0.15, 0.2) is 40.9 Å². The minimum Gasteiger partial charge on any atom is -0.403 e. The van der Waals surface area contributed by atoms with Crippen LogP contribution in [0.4, 0.5) is 25.1 Å². The molecule has 4 aromatic rings. The van der Waals surface area contributed by atoms with Gasteiger partial charge in [0.05, 0.1) is 16.8 Å². The lowest BCUT2D eigenvalue weighted by molar-refractivity contribution is -0.137. The van der Waals surface area contributed by atoms with Gasteiger partial charge in [0.25, 0.3) is 0 Å². The zero-order valence-corrected chi connectivity index (χ0v) is 13.3. The van der Waals surface area contributed by atoms with Crippen LogP contribution in [0.2, 0.25) is 0 Å². The summed E-state index contributed by atoms with van der Waals surface area (Å²) in [4.78, 5) is 11.5. The first kappa shape index (κ1) is 16.1. The molecule has 0 aliphatic carbocycles. The minimum atomic E-state index is -4.39. The molecule has 0 amide bonds. The second-order valence-electron chi connectivity index (χ2n) is 5.49. The fourth-order valence-electron chi connectivity index (χ4n) is 2.42. The highest BCUT2D eigenvalue weighted by Gasteiger charge is 2.30. The number of hydrogen-bond donors (Lipinski definition) is 2. The van der Waals surface area contributed by atoms with Crippen LogP contribution < -0.4 is 5.32 Å². The first-order chi connectivity index (χ1) is 12.4. The number of fused-ring (bicyclic) bond motifs is 1. The van der Waals surface area contributed by atoms with E-state index >= 15 is 0 Å². The Morgan fingerprint density at radius 1 is 1.08 bits per heavy atom. The van der Waals surface area contributed by atoms with Crippen molar-refractivity contribution in [1.82, 2.24) is 25.1 Å². The van der Waals surface area contributed by atoms with Gasteiger partial charge in [0.1, 0.15) is 5.52 Å². The van der Waals surface area contributed by atoms with E-state index in [0.717, 1.165) is 23.3 Å². The van der Waals surface area contributed by atoms with Gasteiger partial charge in [-0.1, -0.05) is 5.10 Å². The molecule has 3 aromatic heterocycles. The number of hydrogen-bond acceptors (Lipinski definition) is 6. The van der Waals surface area contributed by atoms with Gasteiger partial charge in [0, 0.05) is 11.8 Å². The Kier molecular flexibility index (Phi) is 3.60. The Bertz CT molecular complexity index is 1070. The monoisotopic (exact) mass is 360 g/mol. The SMILES string of the molecule is Cc1nccc2[nH]c(Nc3nnc(-c4ccc(C(F)(F)F)cc4)o3)nc12. The molecule has 2 N–H and O–H groups in total. The van der Waals surface area contributed by atoms with Crippen LogP contribution in [-0.4, -0.2) is 25.1 Å². The molecule has 0 aliphatic heterocycles. The molecular formula is C16H11F3N6O. The number of benzene rings is 1. The van der Waals surface area contributed by atoms with Gasteiger partial charge in [-0.3, -0.25) is 10.3 Å². The molecule has 0 unspecified atom stereocenters. The lowest BCUT2D eigenvalue weighted by atomic mass is 10.1. The highest BCUT2D eigenvalue weighted by atomic mass is 19.4. The number of aromatic nitrogens is 5. The van der Waals surface area contributed by atoms with Crippen molar-refractivity contribution >= 4 is 23.0 Å². The fourth-order valence-corrected chi connectivity index (χ4v) is 2.42. The Morgan fingerprint density at radius 2 is 1.85 bits per heavy atom. The standard InChI is InChI=1S/C16H11F3N6O/c1-8-12-11(6-7-20-8)21-14(22-12)23-15-25-24-13(26-15)9-2-4-10(5-3-9)16(17,18)19/h2-7H,1H3,(H2,21,22,23,25). The molecule has 1 aromatic carbocycles. The molecule has 0 atom stereocenters. The van der Waals surface area contributed by atoms with Crippen molar-refractivity contribution in [3.63, 3.8) is 0 Å². The lowest BCUT2D eigenvalue weighted by Gasteiger charge is -2.05. The summed E-state index contributed by atoms with van der Waals surface area (Å²) in [5.41, 5.74) is 1.90. The first-order valence-corrected chi connectivity index (χ1v) is 7.49. The van der Waals surface area contributed by atoms with E-state index in [-0.39, 0.29) is 11.9 Å². The molecule has 132 valence electrons. The number of anilines is 2. The van der Waals surface area contributed by atoms with Crippen molar-refractivity contribution in [2.24, 2.45) is 0 Å². The third-order valence-corrected chi connectivity index (χ3v) is 3.69. The van der Waals surface area contributed by atoms with Crippen LogP contribution in [0, 0.1) is 6.92 Å². The van der Waals surface area contributed by atoms with E-state index in [2.05, 4.69) is 30.5 Å². The molecule has 0 aliphatic rings. The molecule has 10 heteroatoms. The van der Waals surface area contributed by atoms with Gasteiger partial charge < -0.3 is 9.40 Å². The Morgan fingerprint density at radius 3 is 2.54 bits per heavy atom. The third-order valence-electron chi connectivity index (χ3n) is 3.69. The number of nitrogens with one attached hydrogen (secondary N) is 2. The van der Waals surface area contributed by atoms with Gasteiger partial charge in [0.15, 0.2) is 0 Å². The van der Waals surface area contributed by atoms with E-state index in [0.29, 0.717) is 17.0 Å². The maximum atomic E-state index is 12.6. The maximum Gasteiger partial charge on any atom is 0.416 e. The van der Waals surface area contributed by atoms with Crippen LogP contribution in [-0.2, 0) is 6.18 Å².